The summed E-state index contributed by atoms with van der Waals surface area (Å²) in [5.74, 6) is 2.05. The Hall–Kier alpha value is -2.73. The van der Waals surface area contributed by atoms with Crippen LogP contribution in [0.15, 0.2) is 70.7 Å². The molecule has 1 atom stereocenters. The molecular weight excluding hydrogens is 402 g/mol. The first-order valence-corrected chi connectivity index (χ1v) is 10.8. The average Bonchev–Trinajstić information content (AvgIpc) is 2.77. The average molecular weight is 424 g/mol. The number of nitriles is 1. The molecule has 2 aromatic carbocycles. The number of nitrogens with zero attached hydrogens (tertiary/aromatic N) is 3. The zero-order chi connectivity index (χ0) is 20.5. The van der Waals surface area contributed by atoms with Crippen molar-refractivity contribution in [3.05, 3.63) is 71.8 Å². The van der Waals surface area contributed by atoms with E-state index < -0.39 is 0 Å². The molecule has 29 heavy (non-hydrogen) atoms. The number of aromatic nitrogens is 2. The van der Waals surface area contributed by atoms with Crippen molar-refractivity contribution >= 4 is 35.3 Å². The molecule has 6 nitrogen and oxygen atoms in total. The number of nitrogens with one attached hydrogen (secondary N) is 2. The Morgan fingerprint density at radius 2 is 1.86 bits per heavy atom. The maximum absolute atomic E-state index is 9.33. The van der Waals surface area contributed by atoms with Crippen molar-refractivity contribution in [1.29, 1.82) is 5.26 Å². The molecule has 0 saturated heterocycles. The zero-order valence-corrected chi connectivity index (χ0v) is 17.5. The second kappa shape index (κ2) is 10.7. The van der Waals surface area contributed by atoms with Gasteiger partial charge in [0.15, 0.2) is 5.16 Å². The number of rotatable bonds is 9. The molecule has 0 aliphatic heterocycles. The Morgan fingerprint density at radius 1 is 1.07 bits per heavy atom. The predicted octanol–water partition coefficient (Wildman–Crippen LogP) is 4.55. The van der Waals surface area contributed by atoms with Crippen molar-refractivity contribution < 1.29 is 5.11 Å². The summed E-state index contributed by atoms with van der Waals surface area (Å²) in [4.78, 5) is 10.1. The molecule has 0 unspecified atom stereocenters. The van der Waals surface area contributed by atoms with E-state index in [2.05, 4.69) is 38.2 Å². The van der Waals surface area contributed by atoms with Gasteiger partial charge >= 0.3 is 0 Å². The molecule has 1 heterocycles. The lowest BCUT2D eigenvalue weighted by atomic mass is 10.2. The highest BCUT2D eigenvalue weighted by atomic mass is 32.2. The first-order chi connectivity index (χ1) is 14.2. The Labute approximate surface area is 178 Å². The summed E-state index contributed by atoms with van der Waals surface area (Å²) in [5.41, 5.74) is 1.80. The number of hydrogen-bond acceptors (Lipinski definition) is 8. The summed E-state index contributed by atoms with van der Waals surface area (Å²) >= 11 is 2.93. The Kier molecular flexibility index (Phi) is 7.76. The normalized spacial score (nSPS) is 11.5. The van der Waals surface area contributed by atoms with Crippen LogP contribution in [-0.2, 0) is 5.75 Å². The Bertz CT molecular complexity index is 978. The monoisotopic (exact) mass is 423 g/mol. The Balaban J connectivity index is 1.75. The maximum atomic E-state index is 9.33. The standard InChI is InChI=1S/C21H21N5OS2/c1-15(13-27)23-19-11-20(26-29-18-9-5-8-17(10-18)12-22)25-21(24-19)28-14-16-6-3-2-4-7-16/h2-11,15,27H,13-14H2,1H3,(H2,23,24,25,26)/t15-/m1/s1. The number of hydrogen-bond donors (Lipinski definition) is 3. The van der Waals surface area contributed by atoms with Gasteiger partial charge < -0.3 is 15.1 Å². The molecule has 0 fully saturated rings. The largest absolute Gasteiger partial charge is 0.394 e. The number of benzene rings is 2. The molecule has 0 aliphatic rings. The van der Waals surface area contributed by atoms with Gasteiger partial charge in [0.25, 0.3) is 0 Å². The van der Waals surface area contributed by atoms with Crippen molar-refractivity contribution in [2.24, 2.45) is 0 Å². The van der Waals surface area contributed by atoms with Gasteiger partial charge in [-0.1, -0.05) is 48.2 Å². The van der Waals surface area contributed by atoms with Crippen LogP contribution in [0.4, 0.5) is 11.6 Å². The molecule has 0 spiro atoms. The minimum atomic E-state index is -0.121. The zero-order valence-electron chi connectivity index (χ0n) is 15.9. The van der Waals surface area contributed by atoms with Crippen molar-refractivity contribution in [3.63, 3.8) is 0 Å². The second-order valence-corrected chi connectivity index (χ2v) is 8.09. The van der Waals surface area contributed by atoms with Gasteiger partial charge in [-0.2, -0.15) is 5.26 Å². The smallest absolute Gasteiger partial charge is 0.191 e. The SMILES string of the molecule is C[C@H](CO)Nc1cc(NSc2cccc(C#N)c2)nc(SCc2ccccc2)n1. The summed E-state index contributed by atoms with van der Waals surface area (Å²) in [5, 5.41) is 22.2. The number of aliphatic hydroxyl groups is 1. The van der Waals surface area contributed by atoms with Crippen molar-refractivity contribution in [2.45, 2.75) is 28.8 Å². The lowest BCUT2D eigenvalue weighted by Gasteiger charge is -2.14. The lowest BCUT2D eigenvalue weighted by Crippen LogP contribution is -2.20. The summed E-state index contributed by atoms with van der Waals surface area (Å²) < 4.78 is 3.22. The minimum absolute atomic E-state index is 0.00889. The van der Waals surface area contributed by atoms with Gasteiger partial charge in [0.1, 0.15) is 11.6 Å². The van der Waals surface area contributed by atoms with Gasteiger partial charge in [-0.3, -0.25) is 0 Å². The molecule has 8 heteroatoms. The molecular formula is C21H21N5OS2. The fourth-order valence-corrected chi connectivity index (χ4v) is 3.85. The van der Waals surface area contributed by atoms with Crippen LogP contribution in [0.3, 0.4) is 0 Å². The van der Waals surface area contributed by atoms with E-state index in [4.69, 9.17) is 5.26 Å². The molecule has 0 saturated carbocycles. The Morgan fingerprint density at radius 3 is 2.62 bits per heavy atom. The van der Waals surface area contributed by atoms with Crippen LogP contribution in [0, 0.1) is 11.3 Å². The summed E-state index contributed by atoms with van der Waals surface area (Å²) in [7, 11) is 0. The summed E-state index contributed by atoms with van der Waals surface area (Å²) in [6, 6.07) is 21.3. The van der Waals surface area contributed by atoms with Gasteiger partial charge in [0.2, 0.25) is 0 Å². The third-order valence-corrected chi connectivity index (χ3v) is 5.54. The first kappa shape index (κ1) is 21.0. The summed E-state index contributed by atoms with van der Waals surface area (Å²) in [6.45, 7) is 1.89. The van der Waals surface area contributed by atoms with Crippen molar-refractivity contribution in [2.75, 3.05) is 16.6 Å². The predicted molar refractivity (Wildman–Crippen MR) is 119 cm³/mol. The van der Waals surface area contributed by atoms with Crippen molar-refractivity contribution in [1.82, 2.24) is 9.97 Å². The van der Waals surface area contributed by atoms with Gasteiger partial charge in [-0.05, 0) is 42.6 Å². The van der Waals surface area contributed by atoms with Gasteiger partial charge in [-0.15, -0.1) is 0 Å². The molecule has 0 radical (unpaired) electrons. The van der Waals surface area contributed by atoms with E-state index in [1.54, 1.807) is 23.9 Å². The molecule has 0 bridgehead atoms. The summed E-state index contributed by atoms with van der Waals surface area (Å²) in [6.07, 6.45) is 0. The maximum Gasteiger partial charge on any atom is 0.191 e. The van der Waals surface area contributed by atoms with Crippen LogP contribution >= 0.6 is 23.7 Å². The second-order valence-electron chi connectivity index (χ2n) is 6.27. The number of thioether (sulfide) groups is 1. The molecule has 3 N–H and O–H groups in total. The van der Waals surface area contributed by atoms with Crippen LogP contribution in [0.25, 0.3) is 0 Å². The third-order valence-electron chi connectivity index (χ3n) is 3.82. The van der Waals surface area contributed by atoms with E-state index in [0.29, 0.717) is 22.4 Å². The number of aliphatic hydroxyl groups excluding tert-OH is 1. The highest BCUT2D eigenvalue weighted by molar-refractivity contribution is 8.00. The van der Waals surface area contributed by atoms with E-state index in [1.165, 1.54) is 17.5 Å². The van der Waals surface area contributed by atoms with Gasteiger partial charge in [0.05, 0.1) is 18.2 Å². The van der Waals surface area contributed by atoms with Crippen molar-refractivity contribution in [3.8, 4) is 6.07 Å². The topological polar surface area (TPSA) is 93.9 Å². The highest BCUT2D eigenvalue weighted by Gasteiger charge is 2.09. The molecule has 3 rings (SSSR count). The van der Waals surface area contributed by atoms with E-state index >= 15 is 0 Å². The highest BCUT2D eigenvalue weighted by Crippen LogP contribution is 2.26. The van der Waals surface area contributed by atoms with Gasteiger partial charge in [0, 0.05) is 22.8 Å². The van der Waals surface area contributed by atoms with Crippen LogP contribution in [0.5, 0.6) is 0 Å². The van der Waals surface area contributed by atoms with Crippen LogP contribution < -0.4 is 10.0 Å². The van der Waals surface area contributed by atoms with E-state index in [1.807, 2.05) is 43.3 Å². The quantitative estimate of drug-likeness (QED) is 0.262. The molecule has 0 amide bonds. The number of anilines is 2. The van der Waals surface area contributed by atoms with Crippen LogP contribution in [-0.4, -0.2) is 27.7 Å². The van der Waals surface area contributed by atoms with Gasteiger partial charge in [-0.25, -0.2) is 9.97 Å². The van der Waals surface area contributed by atoms with Crippen LogP contribution in [0.1, 0.15) is 18.1 Å². The molecule has 0 aliphatic carbocycles. The fraction of sp³-hybridized carbons (Fsp3) is 0.190. The van der Waals surface area contributed by atoms with E-state index in [0.717, 1.165) is 10.6 Å². The molecule has 148 valence electrons. The first-order valence-electron chi connectivity index (χ1n) is 9.02. The van der Waals surface area contributed by atoms with Crippen LogP contribution in [0.2, 0.25) is 0 Å². The lowest BCUT2D eigenvalue weighted by molar-refractivity contribution is 0.281. The van der Waals surface area contributed by atoms with E-state index in [9.17, 15) is 5.11 Å². The van der Waals surface area contributed by atoms with E-state index in [-0.39, 0.29) is 12.6 Å². The molecule has 1 aromatic heterocycles. The third kappa shape index (κ3) is 6.68. The molecule has 3 aromatic rings. The fourth-order valence-electron chi connectivity index (χ4n) is 2.38. The minimum Gasteiger partial charge on any atom is -0.394 e.